The molecule has 1 aliphatic rings. The van der Waals surface area contributed by atoms with Gasteiger partial charge in [0.1, 0.15) is 16.9 Å². The number of hydrogen-bond donors (Lipinski definition) is 0. The number of fused-ring (bicyclic) bond motifs is 1. The molecule has 0 spiro atoms. The van der Waals surface area contributed by atoms with Crippen LogP contribution in [-0.4, -0.2) is 30.5 Å². The van der Waals surface area contributed by atoms with Crippen molar-refractivity contribution in [2.24, 2.45) is 0 Å². The van der Waals surface area contributed by atoms with Crippen LogP contribution in [0.1, 0.15) is 43.0 Å². The normalized spacial score (nSPS) is 18.2. The predicted octanol–water partition coefficient (Wildman–Crippen LogP) is 3.21. The first-order valence-corrected chi connectivity index (χ1v) is 8.07. The van der Waals surface area contributed by atoms with Gasteiger partial charge in [-0.1, -0.05) is 6.92 Å². The molecule has 0 aliphatic carbocycles. The van der Waals surface area contributed by atoms with Gasteiger partial charge in [-0.25, -0.2) is 4.79 Å². The summed E-state index contributed by atoms with van der Waals surface area (Å²) < 4.78 is 10.5. The number of rotatable bonds is 3. The van der Waals surface area contributed by atoms with Gasteiger partial charge in [-0.3, -0.25) is 4.79 Å². The minimum absolute atomic E-state index is 0.103. The Kier molecular flexibility index (Phi) is 4.37. The van der Waals surface area contributed by atoms with Gasteiger partial charge in [0.25, 0.3) is 5.91 Å². The van der Waals surface area contributed by atoms with E-state index in [9.17, 15) is 9.59 Å². The van der Waals surface area contributed by atoms with Gasteiger partial charge in [0, 0.05) is 18.0 Å². The molecule has 1 aromatic heterocycles. The molecule has 0 N–H and O–H groups in total. The summed E-state index contributed by atoms with van der Waals surface area (Å²) in [6.45, 7) is 2.77. The van der Waals surface area contributed by atoms with Crippen LogP contribution in [0.4, 0.5) is 0 Å². The molecule has 5 nitrogen and oxygen atoms in total. The van der Waals surface area contributed by atoms with E-state index in [1.165, 1.54) is 0 Å². The van der Waals surface area contributed by atoms with E-state index in [-0.39, 0.29) is 17.5 Å². The summed E-state index contributed by atoms with van der Waals surface area (Å²) in [5.41, 5.74) is -0.0165. The van der Waals surface area contributed by atoms with Crippen molar-refractivity contribution in [1.82, 2.24) is 4.90 Å². The fourth-order valence-corrected chi connectivity index (χ4v) is 3.22. The molecule has 0 saturated carbocycles. The average Bonchev–Trinajstić information content (AvgIpc) is 2.60. The Hall–Kier alpha value is -2.30. The number of benzene rings is 1. The van der Waals surface area contributed by atoms with Gasteiger partial charge in [-0.2, -0.15) is 0 Å². The highest BCUT2D eigenvalue weighted by atomic mass is 16.5. The first-order valence-electron chi connectivity index (χ1n) is 8.07. The number of piperidine rings is 1. The largest absolute Gasteiger partial charge is 0.497 e. The van der Waals surface area contributed by atoms with Crippen LogP contribution in [-0.2, 0) is 0 Å². The molecule has 1 fully saturated rings. The molecule has 23 heavy (non-hydrogen) atoms. The van der Waals surface area contributed by atoms with Crippen LogP contribution in [0.5, 0.6) is 5.75 Å². The third-order valence-corrected chi connectivity index (χ3v) is 4.53. The van der Waals surface area contributed by atoms with Gasteiger partial charge in [0.05, 0.1) is 7.11 Å². The van der Waals surface area contributed by atoms with Gasteiger partial charge in [0.15, 0.2) is 0 Å². The van der Waals surface area contributed by atoms with Gasteiger partial charge < -0.3 is 14.1 Å². The SMILES string of the molecule is CC[C@H]1CCCCN1C(=O)c1cc2cc(OC)ccc2oc1=O. The zero-order chi connectivity index (χ0) is 16.4. The van der Waals surface area contributed by atoms with Crippen LogP contribution >= 0.6 is 0 Å². The monoisotopic (exact) mass is 315 g/mol. The highest BCUT2D eigenvalue weighted by molar-refractivity contribution is 5.97. The standard InChI is InChI=1S/C18H21NO4/c1-3-13-6-4-5-9-19(13)17(20)15-11-12-10-14(22-2)7-8-16(12)23-18(15)21/h7-8,10-11,13H,3-6,9H2,1-2H3/t13-/m0/s1. The van der Waals surface area contributed by atoms with E-state index in [1.54, 1.807) is 31.4 Å². The molecule has 1 amide bonds. The van der Waals surface area contributed by atoms with E-state index in [4.69, 9.17) is 9.15 Å². The van der Waals surface area contributed by atoms with Crippen molar-refractivity contribution in [2.75, 3.05) is 13.7 Å². The van der Waals surface area contributed by atoms with E-state index in [0.717, 1.165) is 25.7 Å². The number of amides is 1. The second-order valence-corrected chi connectivity index (χ2v) is 5.91. The predicted molar refractivity (Wildman–Crippen MR) is 88.0 cm³/mol. The van der Waals surface area contributed by atoms with E-state index in [2.05, 4.69) is 6.92 Å². The maximum atomic E-state index is 12.8. The van der Waals surface area contributed by atoms with Crippen molar-refractivity contribution in [3.8, 4) is 5.75 Å². The number of ether oxygens (including phenoxy) is 1. The maximum Gasteiger partial charge on any atom is 0.349 e. The van der Waals surface area contributed by atoms with Gasteiger partial charge in [-0.15, -0.1) is 0 Å². The third-order valence-electron chi connectivity index (χ3n) is 4.53. The van der Waals surface area contributed by atoms with E-state index >= 15 is 0 Å². The summed E-state index contributed by atoms with van der Waals surface area (Å²) in [4.78, 5) is 26.9. The lowest BCUT2D eigenvalue weighted by atomic mass is 9.99. The molecule has 0 bridgehead atoms. The molecular formula is C18H21NO4. The molecule has 1 atom stereocenters. The van der Waals surface area contributed by atoms with Crippen molar-refractivity contribution in [2.45, 2.75) is 38.6 Å². The number of nitrogens with zero attached hydrogens (tertiary/aromatic N) is 1. The molecular weight excluding hydrogens is 294 g/mol. The summed E-state index contributed by atoms with van der Waals surface area (Å²) >= 11 is 0. The maximum absolute atomic E-state index is 12.8. The minimum atomic E-state index is -0.576. The molecule has 3 rings (SSSR count). The van der Waals surface area contributed by atoms with E-state index in [1.807, 2.05) is 4.90 Å². The van der Waals surface area contributed by atoms with Crippen LogP contribution in [0.3, 0.4) is 0 Å². The van der Waals surface area contributed by atoms with Gasteiger partial charge >= 0.3 is 5.63 Å². The molecule has 0 radical (unpaired) electrons. The Morgan fingerprint density at radius 2 is 2.17 bits per heavy atom. The highest BCUT2D eigenvalue weighted by Gasteiger charge is 2.28. The van der Waals surface area contributed by atoms with Crippen molar-refractivity contribution in [1.29, 1.82) is 0 Å². The zero-order valence-electron chi connectivity index (χ0n) is 13.5. The highest BCUT2D eigenvalue weighted by Crippen LogP contribution is 2.24. The molecule has 2 heterocycles. The molecule has 1 aliphatic heterocycles. The Labute approximate surface area is 134 Å². The molecule has 122 valence electrons. The van der Waals surface area contributed by atoms with Crippen LogP contribution < -0.4 is 10.4 Å². The summed E-state index contributed by atoms with van der Waals surface area (Å²) in [6.07, 6.45) is 4.01. The van der Waals surface area contributed by atoms with Crippen molar-refractivity contribution < 1.29 is 13.9 Å². The van der Waals surface area contributed by atoms with E-state index in [0.29, 0.717) is 23.3 Å². The van der Waals surface area contributed by atoms with Gasteiger partial charge in [-0.05, 0) is 49.9 Å². The minimum Gasteiger partial charge on any atom is -0.497 e. The molecule has 2 aromatic rings. The number of methoxy groups -OCH3 is 1. The lowest BCUT2D eigenvalue weighted by molar-refractivity contribution is 0.0604. The van der Waals surface area contributed by atoms with E-state index < -0.39 is 5.63 Å². The molecule has 0 unspecified atom stereocenters. The molecule has 1 aromatic carbocycles. The Morgan fingerprint density at radius 3 is 2.91 bits per heavy atom. The lowest BCUT2D eigenvalue weighted by Crippen LogP contribution is -2.44. The van der Waals surface area contributed by atoms with Crippen molar-refractivity contribution in [3.63, 3.8) is 0 Å². The number of likely N-dealkylation sites (tertiary alicyclic amines) is 1. The fourth-order valence-electron chi connectivity index (χ4n) is 3.22. The summed E-state index contributed by atoms with van der Waals surface area (Å²) in [7, 11) is 1.58. The van der Waals surface area contributed by atoms with Crippen LogP contribution in [0.2, 0.25) is 0 Å². The van der Waals surface area contributed by atoms with Crippen molar-refractivity contribution in [3.05, 3.63) is 40.2 Å². The van der Waals surface area contributed by atoms with Crippen LogP contribution in [0, 0.1) is 0 Å². The second kappa shape index (κ2) is 6.44. The quantitative estimate of drug-likeness (QED) is 0.816. The first kappa shape index (κ1) is 15.6. The zero-order valence-corrected chi connectivity index (χ0v) is 13.5. The third kappa shape index (κ3) is 2.96. The Bertz CT molecular complexity index is 780. The second-order valence-electron chi connectivity index (χ2n) is 5.91. The van der Waals surface area contributed by atoms with Gasteiger partial charge in [0.2, 0.25) is 0 Å². The smallest absolute Gasteiger partial charge is 0.349 e. The topological polar surface area (TPSA) is 59.8 Å². The number of carbonyl (C=O) groups excluding carboxylic acids is 1. The van der Waals surface area contributed by atoms with Crippen molar-refractivity contribution >= 4 is 16.9 Å². The average molecular weight is 315 g/mol. The Morgan fingerprint density at radius 1 is 1.35 bits per heavy atom. The molecule has 5 heteroatoms. The summed E-state index contributed by atoms with van der Waals surface area (Å²) in [5.74, 6) is 0.434. The Balaban J connectivity index is 2.02. The van der Waals surface area contributed by atoms with Crippen LogP contribution in [0.15, 0.2) is 33.5 Å². The number of hydrogen-bond acceptors (Lipinski definition) is 4. The number of carbonyl (C=O) groups is 1. The molecule has 1 saturated heterocycles. The summed E-state index contributed by atoms with van der Waals surface area (Å²) in [6, 6.07) is 7.00. The lowest BCUT2D eigenvalue weighted by Gasteiger charge is -2.35. The van der Waals surface area contributed by atoms with Crippen LogP contribution in [0.25, 0.3) is 11.0 Å². The summed E-state index contributed by atoms with van der Waals surface area (Å²) in [5, 5.41) is 0.692. The first-order chi connectivity index (χ1) is 11.1. The fraction of sp³-hybridized carbons (Fsp3) is 0.444.